The number of sulfone groups is 1. The highest BCUT2D eigenvalue weighted by atomic mass is 32.2. The number of nitrogens with zero attached hydrogens (tertiary/aromatic N) is 1. The first-order chi connectivity index (χ1) is 10.4. The average Bonchev–Trinajstić information content (AvgIpc) is 2.97. The number of halogens is 1. The fourth-order valence-corrected chi connectivity index (χ4v) is 4.85. The van der Waals surface area contributed by atoms with Crippen molar-refractivity contribution in [2.45, 2.75) is 25.2 Å². The van der Waals surface area contributed by atoms with Crippen molar-refractivity contribution in [3.63, 3.8) is 0 Å². The van der Waals surface area contributed by atoms with Crippen molar-refractivity contribution in [3.05, 3.63) is 35.6 Å². The molecule has 1 amide bonds. The van der Waals surface area contributed by atoms with Crippen LogP contribution in [-0.2, 0) is 14.6 Å². The zero-order valence-corrected chi connectivity index (χ0v) is 13.2. The van der Waals surface area contributed by atoms with E-state index in [0.29, 0.717) is 25.9 Å². The maximum absolute atomic E-state index is 13.0. The molecule has 22 heavy (non-hydrogen) atoms. The monoisotopic (exact) mass is 325 g/mol. The van der Waals surface area contributed by atoms with E-state index in [9.17, 15) is 17.6 Å². The summed E-state index contributed by atoms with van der Waals surface area (Å²) in [4.78, 5) is 14.4. The maximum Gasteiger partial charge on any atom is 0.225 e. The van der Waals surface area contributed by atoms with Crippen molar-refractivity contribution < 1.29 is 17.6 Å². The van der Waals surface area contributed by atoms with Gasteiger partial charge in [-0.1, -0.05) is 12.1 Å². The summed E-state index contributed by atoms with van der Waals surface area (Å²) < 4.78 is 35.9. The van der Waals surface area contributed by atoms with Crippen LogP contribution in [-0.4, -0.2) is 43.8 Å². The van der Waals surface area contributed by atoms with Gasteiger partial charge in [0, 0.05) is 24.9 Å². The number of carbonyl (C=O) groups excluding carboxylic acids is 1. The van der Waals surface area contributed by atoms with Crippen LogP contribution in [0, 0.1) is 11.7 Å². The van der Waals surface area contributed by atoms with Crippen molar-refractivity contribution in [1.29, 1.82) is 0 Å². The first-order valence-corrected chi connectivity index (χ1v) is 9.51. The third kappa shape index (κ3) is 3.32. The Morgan fingerprint density at radius 2 is 1.73 bits per heavy atom. The Hall–Kier alpha value is -1.43. The van der Waals surface area contributed by atoms with Gasteiger partial charge in [-0.15, -0.1) is 0 Å². The van der Waals surface area contributed by atoms with Gasteiger partial charge < -0.3 is 4.90 Å². The van der Waals surface area contributed by atoms with Gasteiger partial charge in [-0.3, -0.25) is 4.79 Å². The third-order valence-corrected chi connectivity index (χ3v) is 6.46. The van der Waals surface area contributed by atoms with Crippen LogP contribution < -0.4 is 0 Å². The van der Waals surface area contributed by atoms with Gasteiger partial charge in [0.2, 0.25) is 5.91 Å². The molecule has 6 heteroatoms. The fraction of sp³-hybridized carbons (Fsp3) is 0.562. The molecule has 0 radical (unpaired) electrons. The number of likely N-dealkylation sites (tertiary alicyclic amines) is 1. The molecule has 1 aromatic carbocycles. The van der Waals surface area contributed by atoms with Crippen LogP contribution >= 0.6 is 0 Å². The smallest absolute Gasteiger partial charge is 0.225 e. The molecule has 4 nitrogen and oxygen atoms in total. The van der Waals surface area contributed by atoms with Crippen LogP contribution in [0.1, 0.15) is 30.7 Å². The first kappa shape index (κ1) is 15.5. The van der Waals surface area contributed by atoms with Gasteiger partial charge in [0.15, 0.2) is 0 Å². The van der Waals surface area contributed by atoms with Gasteiger partial charge in [-0.05, 0) is 37.0 Å². The third-order valence-electron chi connectivity index (χ3n) is 4.75. The summed E-state index contributed by atoms with van der Waals surface area (Å²) in [7, 11) is -2.94. The van der Waals surface area contributed by atoms with E-state index in [0.717, 1.165) is 12.0 Å². The molecular formula is C16H20FNO3S. The maximum atomic E-state index is 13.0. The SMILES string of the molecule is O=C(C1CCS(=O)(=O)CC1)N1CCC(c2ccc(F)cc2)C1. The van der Waals surface area contributed by atoms with Crippen molar-refractivity contribution in [1.82, 2.24) is 4.90 Å². The molecule has 2 saturated heterocycles. The van der Waals surface area contributed by atoms with Crippen molar-refractivity contribution in [3.8, 4) is 0 Å². The van der Waals surface area contributed by atoms with E-state index >= 15 is 0 Å². The second kappa shape index (κ2) is 5.99. The number of benzene rings is 1. The van der Waals surface area contributed by atoms with Crippen LogP contribution in [0.15, 0.2) is 24.3 Å². The molecule has 0 aromatic heterocycles. The summed E-state index contributed by atoms with van der Waals surface area (Å²) in [6, 6.07) is 6.46. The number of carbonyl (C=O) groups is 1. The van der Waals surface area contributed by atoms with E-state index in [1.54, 1.807) is 12.1 Å². The molecule has 2 heterocycles. The van der Waals surface area contributed by atoms with Gasteiger partial charge in [0.1, 0.15) is 15.7 Å². The van der Waals surface area contributed by atoms with Crippen LogP contribution in [0.25, 0.3) is 0 Å². The molecule has 2 fully saturated rings. The van der Waals surface area contributed by atoms with Crippen molar-refractivity contribution in [2.24, 2.45) is 5.92 Å². The predicted octanol–water partition coefficient (Wildman–Crippen LogP) is 1.97. The lowest BCUT2D eigenvalue weighted by molar-refractivity contribution is -0.134. The van der Waals surface area contributed by atoms with Gasteiger partial charge in [-0.2, -0.15) is 0 Å². The molecular weight excluding hydrogens is 305 g/mol. The molecule has 0 saturated carbocycles. The second-order valence-corrected chi connectivity index (χ2v) is 8.55. The molecule has 2 aliphatic heterocycles. The Bertz CT molecular complexity index is 642. The second-order valence-electron chi connectivity index (χ2n) is 6.25. The van der Waals surface area contributed by atoms with Crippen LogP contribution in [0.4, 0.5) is 4.39 Å². The zero-order valence-electron chi connectivity index (χ0n) is 12.4. The molecule has 1 unspecified atom stereocenters. The number of amides is 1. The lowest BCUT2D eigenvalue weighted by Gasteiger charge is -2.26. The van der Waals surface area contributed by atoms with Crippen molar-refractivity contribution in [2.75, 3.05) is 24.6 Å². The fourth-order valence-electron chi connectivity index (χ4n) is 3.36. The van der Waals surface area contributed by atoms with E-state index in [1.165, 1.54) is 12.1 Å². The van der Waals surface area contributed by atoms with E-state index in [2.05, 4.69) is 0 Å². The normalized spacial score (nSPS) is 25.3. The van der Waals surface area contributed by atoms with Crippen LogP contribution in [0.2, 0.25) is 0 Å². The minimum absolute atomic E-state index is 0.0829. The summed E-state index contributed by atoms with van der Waals surface area (Å²) >= 11 is 0. The molecule has 0 spiro atoms. The molecule has 0 aliphatic carbocycles. The quantitative estimate of drug-likeness (QED) is 0.835. The number of rotatable bonds is 2. The molecule has 1 aromatic rings. The van der Waals surface area contributed by atoms with E-state index in [-0.39, 0.29) is 35.1 Å². The minimum Gasteiger partial charge on any atom is -0.342 e. The predicted molar refractivity (Wildman–Crippen MR) is 81.7 cm³/mol. The summed E-state index contributed by atoms with van der Waals surface area (Å²) in [6.45, 7) is 1.35. The van der Waals surface area contributed by atoms with Gasteiger partial charge in [0.25, 0.3) is 0 Å². The van der Waals surface area contributed by atoms with Crippen molar-refractivity contribution >= 4 is 15.7 Å². The van der Waals surface area contributed by atoms with E-state index in [4.69, 9.17) is 0 Å². The highest BCUT2D eigenvalue weighted by molar-refractivity contribution is 7.91. The number of hydrogen-bond acceptors (Lipinski definition) is 3. The standard InChI is InChI=1S/C16H20FNO3S/c17-15-3-1-12(2-4-15)14-5-8-18(11-14)16(19)13-6-9-22(20,21)10-7-13/h1-4,13-14H,5-11H2. The van der Waals surface area contributed by atoms with Gasteiger partial charge >= 0.3 is 0 Å². The molecule has 2 aliphatic rings. The Morgan fingerprint density at radius 3 is 2.36 bits per heavy atom. The summed E-state index contributed by atoms with van der Waals surface area (Å²) in [5.74, 6) is 0.169. The average molecular weight is 325 g/mol. The van der Waals surface area contributed by atoms with Gasteiger partial charge in [-0.25, -0.2) is 12.8 Å². The molecule has 1 atom stereocenters. The highest BCUT2D eigenvalue weighted by Crippen LogP contribution is 2.30. The summed E-state index contributed by atoms with van der Waals surface area (Å²) in [5, 5.41) is 0. The number of hydrogen-bond donors (Lipinski definition) is 0. The van der Waals surface area contributed by atoms with Crippen LogP contribution in [0.5, 0.6) is 0 Å². The molecule has 0 N–H and O–H groups in total. The summed E-state index contributed by atoms with van der Waals surface area (Å²) in [6.07, 6.45) is 1.76. The first-order valence-electron chi connectivity index (χ1n) is 7.69. The Balaban J connectivity index is 1.60. The lowest BCUT2D eigenvalue weighted by Crippen LogP contribution is -2.38. The Labute approximate surface area is 130 Å². The van der Waals surface area contributed by atoms with Crippen LogP contribution in [0.3, 0.4) is 0 Å². The molecule has 3 rings (SSSR count). The lowest BCUT2D eigenvalue weighted by atomic mass is 9.98. The molecule has 120 valence electrons. The highest BCUT2D eigenvalue weighted by Gasteiger charge is 2.34. The topological polar surface area (TPSA) is 54.5 Å². The summed E-state index contributed by atoms with van der Waals surface area (Å²) in [5.41, 5.74) is 1.06. The largest absolute Gasteiger partial charge is 0.342 e. The zero-order chi connectivity index (χ0) is 15.7. The van der Waals surface area contributed by atoms with E-state index < -0.39 is 9.84 Å². The van der Waals surface area contributed by atoms with E-state index in [1.807, 2.05) is 4.90 Å². The van der Waals surface area contributed by atoms with Gasteiger partial charge in [0.05, 0.1) is 11.5 Å². The molecule has 0 bridgehead atoms. The Kier molecular flexibility index (Phi) is 4.21. The minimum atomic E-state index is -2.94. The Morgan fingerprint density at radius 1 is 1.09 bits per heavy atom.